The Morgan fingerprint density at radius 3 is 3.04 bits per heavy atom. The van der Waals surface area contributed by atoms with Crippen molar-refractivity contribution < 1.29 is 9.53 Å². The van der Waals surface area contributed by atoms with E-state index in [9.17, 15) is 4.79 Å². The summed E-state index contributed by atoms with van der Waals surface area (Å²) in [4.78, 5) is 16.4. The second kappa shape index (κ2) is 6.54. The summed E-state index contributed by atoms with van der Waals surface area (Å²) in [6.45, 7) is 0. The lowest BCUT2D eigenvalue weighted by molar-refractivity contribution is -0.111. The van der Waals surface area contributed by atoms with Gasteiger partial charge in [-0.05, 0) is 36.4 Å². The van der Waals surface area contributed by atoms with Crippen molar-refractivity contribution in [2.75, 3.05) is 12.4 Å². The van der Waals surface area contributed by atoms with Crippen molar-refractivity contribution in [2.45, 2.75) is 0 Å². The third kappa shape index (κ3) is 3.35. The molecule has 0 unspecified atom stereocenters. The lowest BCUT2D eigenvalue weighted by Gasteiger charge is -2.08. The third-order valence-corrected chi connectivity index (χ3v) is 3.51. The van der Waals surface area contributed by atoms with Crippen LogP contribution in [0, 0.1) is 0 Å². The Hall–Kier alpha value is -2.79. The number of amides is 1. The first-order valence-corrected chi connectivity index (χ1v) is 7.30. The van der Waals surface area contributed by atoms with E-state index in [0.29, 0.717) is 16.5 Å². The molecular weight excluding hydrogens is 314 g/mol. The number of ether oxygens (including phenoxy) is 1. The fraction of sp³-hybridized carbons (Fsp3) is 0.0588. The molecule has 1 aromatic carbocycles. The number of carbonyl (C=O) groups is 1. The number of pyridine rings is 1. The zero-order valence-electron chi connectivity index (χ0n) is 12.4. The maximum Gasteiger partial charge on any atom is 0.248 e. The van der Waals surface area contributed by atoms with Gasteiger partial charge in [-0.3, -0.25) is 4.79 Å². The predicted molar refractivity (Wildman–Crippen MR) is 90.9 cm³/mol. The largest absolute Gasteiger partial charge is 0.495 e. The van der Waals surface area contributed by atoms with Crippen LogP contribution < -0.4 is 10.1 Å². The minimum atomic E-state index is -0.281. The number of imidazole rings is 1. The highest BCUT2D eigenvalue weighted by atomic mass is 35.5. The number of nitrogens with zero attached hydrogens (tertiary/aromatic N) is 2. The van der Waals surface area contributed by atoms with Gasteiger partial charge in [0.05, 0.1) is 24.7 Å². The van der Waals surface area contributed by atoms with Crippen molar-refractivity contribution in [2.24, 2.45) is 0 Å². The van der Waals surface area contributed by atoms with Gasteiger partial charge in [-0.1, -0.05) is 17.7 Å². The van der Waals surface area contributed by atoms with Gasteiger partial charge in [-0.15, -0.1) is 0 Å². The van der Waals surface area contributed by atoms with Crippen LogP contribution >= 0.6 is 11.6 Å². The van der Waals surface area contributed by atoms with Gasteiger partial charge in [0.15, 0.2) is 0 Å². The van der Waals surface area contributed by atoms with E-state index in [1.54, 1.807) is 30.5 Å². The standard InChI is InChI=1S/C17H14ClN3O2/c1-23-15-7-5-12(18)10-14(15)20-17(22)8-6-13-11-19-16-4-2-3-9-21(13)16/h2-11H,1H3,(H,20,22)/b8-6+. The zero-order chi connectivity index (χ0) is 16.2. The van der Waals surface area contributed by atoms with Crippen molar-refractivity contribution in [3.05, 3.63) is 65.6 Å². The highest BCUT2D eigenvalue weighted by Crippen LogP contribution is 2.27. The Kier molecular flexibility index (Phi) is 4.30. The van der Waals surface area contributed by atoms with Crippen molar-refractivity contribution in [3.63, 3.8) is 0 Å². The van der Waals surface area contributed by atoms with Crippen LogP contribution in [0.2, 0.25) is 5.02 Å². The van der Waals surface area contributed by atoms with Gasteiger partial charge in [0, 0.05) is 17.3 Å². The van der Waals surface area contributed by atoms with E-state index < -0.39 is 0 Å². The molecule has 2 heterocycles. The third-order valence-electron chi connectivity index (χ3n) is 3.27. The molecule has 116 valence electrons. The number of nitrogens with one attached hydrogen (secondary N) is 1. The molecule has 0 fully saturated rings. The summed E-state index contributed by atoms with van der Waals surface area (Å²) in [7, 11) is 1.53. The molecule has 23 heavy (non-hydrogen) atoms. The quantitative estimate of drug-likeness (QED) is 0.744. The Morgan fingerprint density at radius 2 is 2.22 bits per heavy atom. The molecule has 0 aliphatic rings. The van der Waals surface area contributed by atoms with Gasteiger partial charge in [-0.25, -0.2) is 4.98 Å². The lowest BCUT2D eigenvalue weighted by atomic mass is 10.3. The molecule has 1 amide bonds. The van der Waals surface area contributed by atoms with Crippen LogP contribution in [0.25, 0.3) is 11.7 Å². The fourth-order valence-corrected chi connectivity index (χ4v) is 2.36. The van der Waals surface area contributed by atoms with Gasteiger partial charge in [0.25, 0.3) is 0 Å². The number of aromatic nitrogens is 2. The van der Waals surface area contributed by atoms with Crippen LogP contribution in [0.3, 0.4) is 0 Å². The first-order valence-electron chi connectivity index (χ1n) is 6.92. The maximum absolute atomic E-state index is 12.1. The van der Waals surface area contributed by atoms with Crippen LogP contribution in [-0.2, 0) is 4.79 Å². The summed E-state index contributed by atoms with van der Waals surface area (Å²) >= 11 is 5.94. The Bertz CT molecular complexity index is 886. The SMILES string of the molecule is COc1ccc(Cl)cc1NC(=O)/C=C/c1cnc2ccccn12. The topological polar surface area (TPSA) is 55.6 Å². The molecule has 6 heteroatoms. The second-order valence-corrected chi connectivity index (χ2v) is 5.22. The Labute approximate surface area is 138 Å². The fourth-order valence-electron chi connectivity index (χ4n) is 2.19. The molecule has 1 N–H and O–H groups in total. The molecule has 0 aliphatic heterocycles. The normalized spacial score (nSPS) is 11.0. The highest BCUT2D eigenvalue weighted by molar-refractivity contribution is 6.31. The number of fused-ring (bicyclic) bond motifs is 1. The number of anilines is 1. The second-order valence-electron chi connectivity index (χ2n) is 4.78. The molecule has 0 saturated carbocycles. The summed E-state index contributed by atoms with van der Waals surface area (Å²) in [6.07, 6.45) is 6.74. The van der Waals surface area contributed by atoms with Crippen LogP contribution in [0.4, 0.5) is 5.69 Å². The Balaban J connectivity index is 1.78. The van der Waals surface area contributed by atoms with E-state index in [-0.39, 0.29) is 5.91 Å². The van der Waals surface area contributed by atoms with Gasteiger partial charge in [-0.2, -0.15) is 0 Å². The van der Waals surface area contributed by atoms with Crippen LogP contribution in [0.5, 0.6) is 5.75 Å². The van der Waals surface area contributed by atoms with Gasteiger partial charge in [0.2, 0.25) is 5.91 Å². The van der Waals surface area contributed by atoms with E-state index in [1.807, 2.05) is 28.8 Å². The van der Waals surface area contributed by atoms with Gasteiger partial charge >= 0.3 is 0 Å². The summed E-state index contributed by atoms with van der Waals surface area (Å²) in [5.41, 5.74) is 2.16. The van der Waals surface area contributed by atoms with E-state index >= 15 is 0 Å². The molecule has 0 bridgehead atoms. The number of carbonyl (C=O) groups excluding carboxylic acids is 1. The molecule has 0 aliphatic carbocycles. The number of benzene rings is 1. The van der Waals surface area contributed by atoms with Crippen LogP contribution in [-0.4, -0.2) is 22.4 Å². The number of rotatable bonds is 4. The molecule has 3 rings (SSSR count). The number of methoxy groups -OCH3 is 1. The van der Waals surface area contributed by atoms with E-state index in [4.69, 9.17) is 16.3 Å². The zero-order valence-corrected chi connectivity index (χ0v) is 13.1. The van der Waals surface area contributed by atoms with E-state index in [2.05, 4.69) is 10.3 Å². The lowest BCUT2D eigenvalue weighted by Crippen LogP contribution is -2.09. The number of hydrogen-bond donors (Lipinski definition) is 1. The number of halogens is 1. The minimum absolute atomic E-state index is 0.281. The number of hydrogen-bond acceptors (Lipinski definition) is 3. The van der Waals surface area contributed by atoms with Crippen molar-refractivity contribution >= 4 is 34.9 Å². The van der Waals surface area contributed by atoms with Crippen molar-refractivity contribution in [3.8, 4) is 5.75 Å². The summed E-state index contributed by atoms with van der Waals surface area (Å²) in [6, 6.07) is 10.8. The summed E-state index contributed by atoms with van der Waals surface area (Å²) in [5, 5.41) is 3.27. The van der Waals surface area contributed by atoms with Crippen molar-refractivity contribution in [1.29, 1.82) is 0 Å². The van der Waals surface area contributed by atoms with Crippen LogP contribution in [0.15, 0.2) is 54.9 Å². The highest BCUT2D eigenvalue weighted by Gasteiger charge is 2.06. The average molecular weight is 328 g/mol. The first-order chi connectivity index (χ1) is 11.2. The molecule has 0 radical (unpaired) electrons. The monoisotopic (exact) mass is 327 g/mol. The molecule has 3 aromatic rings. The molecule has 2 aromatic heterocycles. The minimum Gasteiger partial charge on any atom is -0.495 e. The van der Waals surface area contributed by atoms with Gasteiger partial charge in [0.1, 0.15) is 11.4 Å². The summed E-state index contributed by atoms with van der Waals surface area (Å²) in [5.74, 6) is 0.266. The molecule has 0 spiro atoms. The van der Waals surface area contributed by atoms with E-state index in [1.165, 1.54) is 13.2 Å². The smallest absolute Gasteiger partial charge is 0.248 e. The average Bonchev–Trinajstić information content (AvgIpc) is 2.96. The van der Waals surface area contributed by atoms with Gasteiger partial charge < -0.3 is 14.5 Å². The first kappa shape index (κ1) is 15.1. The molecule has 0 atom stereocenters. The van der Waals surface area contributed by atoms with Crippen LogP contribution in [0.1, 0.15) is 5.69 Å². The molecular formula is C17H14ClN3O2. The maximum atomic E-state index is 12.1. The predicted octanol–water partition coefficient (Wildman–Crippen LogP) is 3.65. The summed E-state index contributed by atoms with van der Waals surface area (Å²) < 4.78 is 7.09. The van der Waals surface area contributed by atoms with Crippen molar-refractivity contribution in [1.82, 2.24) is 9.38 Å². The Morgan fingerprint density at radius 1 is 1.35 bits per heavy atom. The molecule has 0 saturated heterocycles. The van der Waals surface area contributed by atoms with E-state index in [0.717, 1.165) is 11.3 Å². The molecule has 5 nitrogen and oxygen atoms in total.